The summed E-state index contributed by atoms with van der Waals surface area (Å²) in [5, 5.41) is 18.4. The van der Waals surface area contributed by atoms with Crippen molar-refractivity contribution >= 4 is 17.0 Å². The molecule has 0 fully saturated rings. The highest BCUT2D eigenvalue weighted by Crippen LogP contribution is 2.19. The lowest BCUT2D eigenvalue weighted by Crippen LogP contribution is -2.14. The zero-order valence-electron chi connectivity index (χ0n) is 10.2. The predicted molar refractivity (Wildman–Crippen MR) is 72.5 cm³/mol. The molecule has 0 saturated heterocycles. The Morgan fingerprint density at radius 2 is 1.95 bits per heavy atom. The summed E-state index contributed by atoms with van der Waals surface area (Å²) >= 11 is 0. The molecule has 0 amide bonds. The third kappa shape index (κ3) is 1.83. The van der Waals surface area contributed by atoms with Crippen LogP contribution in [0.4, 0.5) is 0 Å². The Labute approximate surface area is 112 Å². The number of nitrogens with zero attached hydrogens (tertiary/aromatic N) is 1. The standard InChI is InChI=1S/C14H10N2O4/c17-10-3-1-2-9(7-10)16-12-5-4-8(13(18)19)6-11(12)15-14(16)20/h1-7,17H,(H,15,20)(H,18,19). The number of phenols is 1. The number of benzene rings is 2. The highest BCUT2D eigenvalue weighted by atomic mass is 16.4. The number of nitrogens with one attached hydrogen (secondary N) is 1. The van der Waals surface area contributed by atoms with Crippen LogP contribution in [0.15, 0.2) is 47.3 Å². The second-order valence-electron chi connectivity index (χ2n) is 4.32. The molecular formula is C14H10N2O4. The molecule has 3 aromatic rings. The van der Waals surface area contributed by atoms with Crippen LogP contribution in [0.1, 0.15) is 10.4 Å². The average Bonchev–Trinajstić information content (AvgIpc) is 2.73. The molecule has 2 aromatic carbocycles. The van der Waals surface area contributed by atoms with E-state index in [1.807, 2.05) is 0 Å². The predicted octanol–water partition coefficient (Wildman–Crippen LogP) is 1.72. The van der Waals surface area contributed by atoms with Crippen LogP contribution in [0, 0.1) is 0 Å². The van der Waals surface area contributed by atoms with Crippen molar-refractivity contribution in [3.05, 3.63) is 58.5 Å². The number of phenolic OH excluding ortho intramolecular Hbond substituents is 1. The van der Waals surface area contributed by atoms with E-state index in [0.29, 0.717) is 16.7 Å². The fourth-order valence-electron chi connectivity index (χ4n) is 2.13. The zero-order chi connectivity index (χ0) is 14.3. The van der Waals surface area contributed by atoms with Gasteiger partial charge in [0, 0.05) is 6.07 Å². The van der Waals surface area contributed by atoms with Crippen molar-refractivity contribution in [1.82, 2.24) is 9.55 Å². The fraction of sp³-hybridized carbons (Fsp3) is 0. The van der Waals surface area contributed by atoms with E-state index in [1.54, 1.807) is 18.2 Å². The van der Waals surface area contributed by atoms with Gasteiger partial charge in [-0.25, -0.2) is 9.59 Å². The Morgan fingerprint density at radius 1 is 1.15 bits per heavy atom. The number of aromatic nitrogens is 2. The molecule has 0 atom stereocenters. The molecule has 0 aliphatic heterocycles. The van der Waals surface area contributed by atoms with Gasteiger partial charge in [0.25, 0.3) is 0 Å². The van der Waals surface area contributed by atoms with Crippen LogP contribution >= 0.6 is 0 Å². The van der Waals surface area contributed by atoms with Crippen LogP contribution in [0.3, 0.4) is 0 Å². The number of H-pyrrole nitrogens is 1. The number of aromatic carboxylic acids is 1. The first-order valence-electron chi connectivity index (χ1n) is 5.84. The van der Waals surface area contributed by atoms with Gasteiger partial charge in [-0.2, -0.15) is 0 Å². The molecule has 3 N–H and O–H groups in total. The lowest BCUT2D eigenvalue weighted by molar-refractivity contribution is 0.0697. The van der Waals surface area contributed by atoms with E-state index >= 15 is 0 Å². The Bertz CT molecular complexity index is 876. The van der Waals surface area contributed by atoms with Crippen molar-refractivity contribution < 1.29 is 15.0 Å². The van der Waals surface area contributed by atoms with E-state index in [-0.39, 0.29) is 11.3 Å². The summed E-state index contributed by atoms with van der Waals surface area (Å²) in [6.45, 7) is 0. The maximum Gasteiger partial charge on any atom is 0.335 e. The van der Waals surface area contributed by atoms with Crippen LogP contribution in [-0.2, 0) is 0 Å². The van der Waals surface area contributed by atoms with Crippen molar-refractivity contribution in [1.29, 1.82) is 0 Å². The van der Waals surface area contributed by atoms with Crippen LogP contribution in [-0.4, -0.2) is 25.7 Å². The van der Waals surface area contributed by atoms with Gasteiger partial charge in [0.15, 0.2) is 0 Å². The number of aromatic amines is 1. The molecule has 0 radical (unpaired) electrons. The van der Waals surface area contributed by atoms with E-state index in [1.165, 1.54) is 28.8 Å². The highest BCUT2D eigenvalue weighted by Gasteiger charge is 2.11. The van der Waals surface area contributed by atoms with E-state index in [0.717, 1.165) is 0 Å². The molecule has 6 heteroatoms. The molecule has 100 valence electrons. The first-order valence-corrected chi connectivity index (χ1v) is 5.84. The highest BCUT2D eigenvalue weighted by molar-refractivity contribution is 5.92. The quantitative estimate of drug-likeness (QED) is 0.660. The van der Waals surface area contributed by atoms with Gasteiger partial charge in [0.1, 0.15) is 5.75 Å². The van der Waals surface area contributed by atoms with Gasteiger partial charge < -0.3 is 15.2 Å². The average molecular weight is 270 g/mol. The summed E-state index contributed by atoms with van der Waals surface area (Å²) in [7, 11) is 0. The third-order valence-corrected chi connectivity index (χ3v) is 3.02. The lowest BCUT2D eigenvalue weighted by Gasteiger charge is -2.04. The van der Waals surface area contributed by atoms with E-state index in [2.05, 4.69) is 4.98 Å². The van der Waals surface area contributed by atoms with Gasteiger partial charge in [-0.15, -0.1) is 0 Å². The lowest BCUT2D eigenvalue weighted by atomic mass is 10.2. The number of carbonyl (C=O) groups is 1. The van der Waals surface area contributed by atoms with Crippen molar-refractivity contribution in [3.8, 4) is 11.4 Å². The number of fused-ring (bicyclic) bond motifs is 1. The smallest absolute Gasteiger partial charge is 0.335 e. The summed E-state index contributed by atoms with van der Waals surface area (Å²) in [5.41, 5.74) is 1.18. The van der Waals surface area contributed by atoms with E-state index < -0.39 is 11.7 Å². The first kappa shape index (κ1) is 12.0. The molecule has 0 aliphatic rings. The third-order valence-electron chi connectivity index (χ3n) is 3.02. The maximum absolute atomic E-state index is 12.0. The summed E-state index contributed by atoms with van der Waals surface area (Å²) in [6, 6.07) is 10.7. The molecule has 20 heavy (non-hydrogen) atoms. The number of aromatic hydroxyl groups is 1. The second-order valence-corrected chi connectivity index (χ2v) is 4.32. The summed E-state index contributed by atoms with van der Waals surface area (Å²) in [6.07, 6.45) is 0. The maximum atomic E-state index is 12.0. The second kappa shape index (κ2) is 4.27. The zero-order valence-corrected chi connectivity index (χ0v) is 10.2. The van der Waals surface area contributed by atoms with Crippen LogP contribution in [0.2, 0.25) is 0 Å². The molecule has 0 aliphatic carbocycles. The van der Waals surface area contributed by atoms with Gasteiger partial charge in [-0.05, 0) is 30.3 Å². The van der Waals surface area contributed by atoms with E-state index in [4.69, 9.17) is 5.11 Å². The van der Waals surface area contributed by atoms with Gasteiger partial charge in [0.2, 0.25) is 0 Å². The SMILES string of the molecule is O=C(O)c1ccc2c(c1)[nH]c(=O)n2-c1cccc(O)c1. The molecule has 0 saturated carbocycles. The van der Waals surface area contributed by atoms with Crippen molar-refractivity contribution in [3.63, 3.8) is 0 Å². The summed E-state index contributed by atoms with van der Waals surface area (Å²) in [4.78, 5) is 25.5. The molecule has 3 rings (SSSR count). The Kier molecular flexibility index (Phi) is 2.57. The molecule has 0 spiro atoms. The Morgan fingerprint density at radius 3 is 2.65 bits per heavy atom. The number of carboxylic acids is 1. The van der Waals surface area contributed by atoms with Gasteiger partial charge in [-0.1, -0.05) is 6.07 Å². The van der Waals surface area contributed by atoms with Crippen molar-refractivity contribution in [2.24, 2.45) is 0 Å². The minimum absolute atomic E-state index is 0.0471. The van der Waals surface area contributed by atoms with Crippen molar-refractivity contribution in [2.45, 2.75) is 0 Å². The van der Waals surface area contributed by atoms with E-state index in [9.17, 15) is 14.7 Å². The largest absolute Gasteiger partial charge is 0.508 e. The monoisotopic (exact) mass is 270 g/mol. The minimum atomic E-state index is -1.06. The molecule has 0 bridgehead atoms. The number of imidazole rings is 1. The molecule has 0 unspecified atom stereocenters. The summed E-state index contributed by atoms with van der Waals surface area (Å²) < 4.78 is 1.38. The topological polar surface area (TPSA) is 95.3 Å². The Hall–Kier alpha value is -3.02. The van der Waals surface area contributed by atoms with Crippen LogP contribution in [0.5, 0.6) is 5.75 Å². The van der Waals surface area contributed by atoms with Crippen LogP contribution in [0.25, 0.3) is 16.7 Å². The van der Waals surface area contributed by atoms with Gasteiger partial charge >= 0.3 is 11.7 Å². The summed E-state index contributed by atoms with van der Waals surface area (Å²) in [5.74, 6) is -1.01. The van der Waals surface area contributed by atoms with Crippen LogP contribution < -0.4 is 5.69 Å². The number of hydrogen-bond donors (Lipinski definition) is 3. The number of rotatable bonds is 2. The molecule has 6 nitrogen and oxygen atoms in total. The molecular weight excluding hydrogens is 260 g/mol. The minimum Gasteiger partial charge on any atom is -0.508 e. The van der Waals surface area contributed by atoms with Gasteiger partial charge in [0.05, 0.1) is 22.3 Å². The first-order chi connectivity index (χ1) is 9.56. The molecule has 1 aromatic heterocycles. The van der Waals surface area contributed by atoms with Crippen molar-refractivity contribution in [2.75, 3.05) is 0 Å². The molecule has 1 heterocycles. The normalized spacial score (nSPS) is 10.8. The Balaban J connectivity index is 2.29. The fourth-order valence-corrected chi connectivity index (χ4v) is 2.13. The number of carboxylic acid groups (broad SMARTS) is 1. The number of hydrogen-bond acceptors (Lipinski definition) is 3. The van der Waals surface area contributed by atoms with Gasteiger partial charge in [-0.3, -0.25) is 4.57 Å².